The molecule has 3 rings (SSSR count). The molecular weight excluding hydrogens is 343 g/mol. The number of hydrogen-bond donors (Lipinski definition) is 0. The molecule has 0 radical (unpaired) electrons. The molecule has 1 aliphatic heterocycles. The van der Waals surface area contributed by atoms with Gasteiger partial charge in [0.1, 0.15) is 22.2 Å². The largest absolute Gasteiger partial charge is 0.490 e. The van der Waals surface area contributed by atoms with Crippen molar-refractivity contribution in [1.29, 1.82) is 0 Å². The zero-order valence-corrected chi connectivity index (χ0v) is 15.5. The van der Waals surface area contributed by atoms with Crippen molar-refractivity contribution in [2.45, 2.75) is 44.9 Å². The van der Waals surface area contributed by atoms with Gasteiger partial charge < -0.3 is 4.74 Å². The van der Waals surface area contributed by atoms with Crippen LogP contribution in [0.25, 0.3) is 0 Å². The molecule has 5 heteroatoms. The Bertz CT molecular complexity index is 671. The minimum absolute atomic E-state index is 0.0688. The van der Waals surface area contributed by atoms with E-state index in [2.05, 4.69) is 54.1 Å². The number of nitrogens with zero attached hydrogens (tertiary/aromatic N) is 2. The van der Waals surface area contributed by atoms with Gasteiger partial charge in [0.2, 0.25) is 0 Å². The molecule has 0 spiro atoms. The van der Waals surface area contributed by atoms with E-state index in [0.717, 1.165) is 25.9 Å². The van der Waals surface area contributed by atoms with Gasteiger partial charge >= 0.3 is 0 Å². The SMILES string of the molecule is CC1(C)CC(Oc2cc(Cl)nc(Cl)c2)CCN1Cc1ccccc1. The van der Waals surface area contributed by atoms with Gasteiger partial charge in [-0.25, -0.2) is 4.98 Å². The molecule has 0 aliphatic carbocycles. The molecule has 1 fully saturated rings. The van der Waals surface area contributed by atoms with Gasteiger partial charge in [0, 0.05) is 37.2 Å². The van der Waals surface area contributed by atoms with Crippen LogP contribution in [0, 0.1) is 0 Å². The Morgan fingerprint density at radius 1 is 1.17 bits per heavy atom. The molecule has 128 valence electrons. The van der Waals surface area contributed by atoms with Gasteiger partial charge in [0.05, 0.1) is 0 Å². The lowest BCUT2D eigenvalue weighted by molar-refractivity contribution is 0.00345. The van der Waals surface area contributed by atoms with Crippen molar-refractivity contribution in [1.82, 2.24) is 9.88 Å². The highest BCUT2D eigenvalue weighted by atomic mass is 35.5. The molecule has 1 aromatic heterocycles. The van der Waals surface area contributed by atoms with Gasteiger partial charge in [0.15, 0.2) is 0 Å². The molecule has 1 saturated heterocycles. The molecule has 3 nitrogen and oxygen atoms in total. The molecule has 24 heavy (non-hydrogen) atoms. The maximum absolute atomic E-state index is 6.12. The first kappa shape index (κ1) is 17.5. The first-order valence-corrected chi connectivity index (χ1v) is 8.97. The molecule has 1 atom stereocenters. The number of pyridine rings is 1. The molecule has 0 amide bonds. The average Bonchev–Trinajstić information content (AvgIpc) is 2.49. The number of piperidine rings is 1. The summed E-state index contributed by atoms with van der Waals surface area (Å²) >= 11 is 11.9. The van der Waals surface area contributed by atoms with Crippen molar-refractivity contribution in [3.8, 4) is 5.75 Å². The van der Waals surface area contributed by atoms with Crippen molar-refractivity contribution in [2.75, 3.05) is 6.54 Å². The third-order valence-corrected chi connectivity index (χ3v) is 4.95. The summed E-state index contributed by atoms with van der Waals surface area (Å²) < 4.78 is 6.12. The van der Waals surface area contributed by atoms with Crippen LogP contribution < -0.4 is 4.74 Å². The van der Waals surface area contributed by atoms with Crippen LogP contribution in [0.2, 0.25) is 10.3 Å². The number of likely N-dealkylation sites (tertiary alicyclic amines) is 1. The van der Waals surface area contributed by atoms with Crippen molar-refractivity contribution >= 4 is 23.2 Å². The van der Waals surface area contributed by atoms with Crippen LogP contribution in [-0.2, 0) is 6.54 Å². The molecule has 0 saturated carbocycles. The first-order valence-electron chi connectivity index (χ1n) is 8.21. The number of halogens is 2. The Balaban J connectivity index is 1.64. The topological polar surface area (TPSA) is 25.4 Å². The third-order valence-electron chi connectivity index (χ3n) is 4.56. The van der Waals surface area contributed by atoms with Gasteiger partial charge in [-0.15, -0.1) is 0 Å². The number of benzene rings is 1. The first-order chi connectivity index (χ1) is 11.4. The second kappa shape index (κ2) is 7.30. The van der Waals surface area contributed by atoms with Crippen molar-refractivity contribution in [2.24, 2.45) is 0 Å². The monoisotopic (exact) mass is 364 g/mol. The van der Waals surface area contributed by atoms with Crippen LogP contribution in [0.4, 0.5) is 0 Å². The third kappa shape index (κ3) is 4.41. The van der Waals surface area contributed by atoms with E-state index in [1.165, 1.54) is 5.56 Å². The van der Waals surface area contributed by atoms with E-state index < -0.39 is 0 Å². The summed E-state index contributed by atoms with van der Waals surface area (Å²) in [4.78, 5) is 6.48. The molecule has 2 heterocycles. The van der Waals surface area contributed by atoms with E-state index >= 15 is 0 Å². The summed E-state index contributed by atoms with van der Waals surface area (Å²) in [7, 11) is 0. The maximum Gasteiger partial charge on any atom is 0.134 e. The minimum atomic E-state index is 0.0688. The fourth-order valence-electron chi connectivity index (χ4n) is 3.29. The van der Waals surface area contributed by atoms with Crippen molar-refractivity contribution < 1.29 is 4.74 Å². The lowest BCUT2D eigenvalue weighted by Gasteiger charge is -2.45. The second-order valence-corrected chi connectivity index (χ2v) is 7.68. The second-order valence-electron chi connectivity index (χ2n) is 6.90. The summed E-state index contributed by atoms with van der Waals surface area (Å²) in [6.07, 6.45) is 2.09. The molecule has 1 aromatic carbocycles. The normalized spacial score (nSPS) is 20.8. The van der Waals surface area contributed by atoms with Crippen molar-refractivity contribution in [3.63, 3.8) is 0 Å². The molecule has 0 N–H and O–H groups in total. The fraction of sp³-hybridized carbons (Fsp3) is 0.421. The molecule has 1 aliphatic rings. The van der Waals surface area contributed by atoms with Crippen LogP contribution in [0.5, 0.6) is 5.75 Å². The smallest absolute Gasteiger partial charge is 0.134 e. The molecule has 2 aromatic rings. The summed E-state index contributed by atoms with van der Waals surface area (Å²) in [5, 5.41) is 0.719. The van der Waals surface area contributed by atoms with E-state index in [1.807, 2.05) is 0 Å². The highest BCUT2D eigenvalue weighted by Gasteiger charge is 2.35. The predicted molar refractivity (Wildman–Crippen MR) is 98.8 cm³/mol. The van der Waals surface area contributed by atoms with Gasteiger partial charge in [0.25, 0.3) is 0 Å². The Kier molecular flexibility index (Phi) is 5.33. The lowest BCUT2D eigenvalue weighted by atomic mass is 9.88. The average molecular weight is 365 g/mol. The van der Waals surface area contributed by atoms with Gasteiger partial charge in [-0.1, -0.05) is 53.5 Å². The molecule has 0 bridgehead atoms. The van der Waals surface area contributed by atoms with E-state index in [1.54, 1.807) is 12.1 Å². The van der Waals surface area contributed by atoms with E-state index in [4.69, 9.17) is 27.9 Å². The highest BCUT2D eigenvalue weighted by Crippen LogP contribution is 2.32. The number of hydrogen-bond acceptors (Lipinski definition) is 3. The predicted octanol–water partition coefficient (Wildman–Crippen LogP) is 5.21. The Morgan fingerprint density at radius 2 is 1.83 bits per heavy atom. The fourth-order valence-corrected chi connectivity index (χ4v) is 3.73. The summed E-state index contributed by atoms with van der Waals surface area (Å²) in [5.41, 5.74) is 1.41. The van der Waals surface area contributed by atoms with Crippen LogP contribution in [-0.4, -0.2) is 28.1 Å². The number of ether oxygens (including phenoxy) is 1. The van der Waals surface area contributed by atoms with Crippen LogP contribution >= 0.6 is 23.2 Å². The summed E-state index contributed by atoms with van der Waals surface area (Å²) in [5.74, 6) is 0.692. The van der Waals surface area contributed by atoms with Gasteiger partial charge in [-0.2, -0.15) is 0 Å². The quantitative estimate of drug-likeness (QED) is 0.696. The van der Waals surface area contributed by atoms with Gasteiger partial charge in [-0.05, 0) is 25.8 Å². The van der Waals surface area contributed by atoms with Crippen LogP contribution in [0.15, 0.2) is 42.5 Å². The van der Waals surface area contributed by atoms with Crippen LogP contribution in [0.3, 0.4) is 0 Å². The Labute approximate surface area is 153 Å². The molecule has 1 unspecified atom stereocenters. The highest BCUT2D eigenvalue weighted by molar-refractivity contribution is 6.32. The van der Waals surface area contributed by atoms with E-state index in [-0.39, 0.29) is 11.6 Å². The number of rotatable bonds is 4. The maximum atomic E-state index is 6.12. The lowest BCUT2D eigenvalue weighted by Crippen LogP contribution is -2.52. The Hall–Kier alpha value is -1.29. The van der Waals surface area contributed by atoms with E-state index in [9.17, 15) is 0 Å². The summed E-state index contributed by atoms with van der Waals surface area (Å²) in [6.45, 7) is 6.52. The zero-order valence-electron chi connectivity index (χ0n) is 14.0. The standard InChI is InChI=1S/C19H22Cl2N2O/c1-19(2)12-15(24-16-10-17(20)22-18(21)11-16)8-9-23(19)13-14-6-4-3-5-7-14/h3-7,10-11,15H,8-9,12-13H2,1-2H3. The Morgan fingerprint density at radius 3 is 2.46 bits per heavy atom. The summed E-state index contributed by atoms with van der Waals surface area (Å²) in [6, 6.07) is 14.0. The van der Waals surface area contributed by atoms with Crippen LogP contribution in [0.1, 0.15) is 32.3 Å². The number of aromatic nitrogens is 1. The zero-order chi connectivity index (χ0) is 17.2. The van der Waals surface area contributed by atoms with Crippen molar-refractivity contribution in [3.05, 3.63) is 58.3 Å². The van der Waals surface area contributed by atoms with Gasteiger partial charge in [-0.3, -0.25) is 4.90 Å². The van der Waals surface area contributed by atoms with E-state index in [0.29, 0.717) is 16.1 Å². The minimum Gasteiger partial charge on any atom is -0.490 e. The molecular formula is C19H22Cl2N2O.